The topological polar surface area (TPSA) is 38.7 Å². The first-order valence-electron chi connectivity index (χ1n) is 6.32. The normalized spacial score (nSPS) is 12.1. The largest absolute Gasteiger partial charge is 0.496 e. The highest BCUT2D eigenvalue weighted by Crippen LogP contribution is 2.36. The molecule has 106 valence electrons. The van der Waals surface area contributed by atoms with Crippen LogP contribution in [-0.2, 0) is 0 Å². The Labute approximate surface area is 123 Å². The van der Waals surface area contributed by atoms with Gasteiger partial charge in [-0.1, -0.05) is 17.7 Å². The van der Waals surface area contributed by atoms with Gasteiger partial charge in [-0.15, -0.1) is 0 Å². The number of aliphatic hydroxyl groups is 1. The molecule has 0 radical (unpaired) electrons. The van der Waals surface area contributed by atoms with Crippen molar-refractivity contribution in [3.8, 4) is 17.2 Å². The third-order valence-electron chi connectivity index (χ3n) is 3.02. The Hall–Kier alpha value is -1.71. The summed E-state index contributed by atoms with van der Waals surface area (Å²) in [5, 5.41) is 10.6. The molecule has 0 spiro atoms. The Kier molecular flexibility index (Phi) is 4.53. The zero-order chi connectivity index (χ0) is 14.7. The molecule has 0 fully saturated rings. The lowest BCUT2D eigenvalue weighted by Gasteiger charge is -2.16. The number of aliphatic hydroxyl groups excluding tert-OH is 1. The van der Waals surface area contributed by atoms with Gasteiger partial charge in [0.05, 0.1) is 18.8 Å². The average Bonchev–Trinajstić information content (AvgIpc) is 2.42. The van der Waals surface area contributed by atoms with Crippen LogP contribution in [0.3, 0.4) is 0 Å². The lowest BCUT2D eigenvalue weighted by Crippen LogP contribution is -2.00. The fourth-order valence-electron chi connectivity index (χ4n) is 2.01. The molecule has 1 atom stereocenters. The molecule has 0 heterocycles. The Morgan fingerprint density at radius 3 is 2.45 bits per heavy atom. The molecule has 0 aliphatic carbocycles. The molecule has 3 nitrogen and oxygen atoms in total. The van der Waals surface area contributed by atoms with Crippen LogP contribution in [0.1, 0.15) is 24.2 Å². The fourth-order valence-corrected chi connectivity index (χ4v) is 2.13. The van der Waals surface area contributed by atoms with E-state index in [-0.39, 0.29) is 0 Å². The van der Waals surface area contributed by atoms with E-state index in [1.54, 1.807) is 38.3 Å². The van der Waals surface area contributed by atoms with Gasteiger partial charge >= 0.3 is 0 Å². The van der Waals surface area contributed by atoms with Gasteiger partial charge in [0.2, 0.25) is 0 Å². The van der Waals surface area contributed by atoms with Gasteiger partial charge in [-0.25, -0.2) is 0 Å². The van der Waals surface area contributed by atoms with Crippen molar-refractivity contribution in [2.45, 2.75) is 20.0 Å². The van der Waals surface area contributed by atoms with Gasteiger partial charge in [0, 0.05) is 5.02 Å². The maximum atomic E-state index is 9.91. The van der Waals surface area contributed by atoms with E-state index in [2.05, 4.69) is 0 Å². The molecule has 1 N–H and O–H groups in total. The van der Waals surface area contributed by atoms with Crippen LogP contribution in [-0.4, -0.2) is 12.2 Å². The number of hydrogen-bond acceptors (Lipinski definition) is 3. The lowest BCUT2D eigenvalue weighted by atomic mass is 10.1. The molecule has 0 bridgehead atoms. The predicted molar refractivity (Wildman–Crippen MR) is 79.9 cm³/mol. The van der Waals surface area contributed by atoms with Gasteiger partial charge in [-0.3, -0.25) is 0 Å². The van der Waals surface area contributed by atoms with Crippen LogP contribution in [0.15, 0.2) is 36.4 Å². The van der Waals surface area contributed by atoms with Gasteiger partial charge in [0.25, 0.3) is 0 Å². The summed E-state index contributed by atoms with van der Waals surface area (Å²) in [4.78, 5) is 0. The summed E-state index contributed by atoms with van der Waals surface area (Å²) >= 11 is 6.00. The van der Waals surface area contributed by atoms with Crippen LogP contribution < -0.4 is 9.47 Å². The molecule has 0 saturated carbocycles. The van der Waals surface area contributed by atoms with E-state index in [9.17, 15) is 5.11 Å². The van der Waals surface area contributed by atoms with Crippen molar-refractivity contribution in [1.82, 2.24) is 0 Å². The van der Waals surface area contributed by atoms with Crippen molar-refractivity contribution in [3.63, 3.8) is 0 Å². The number of ether oxygens (including phenoxy) is 2. The number of methoxy groups -OCH3 is 1. The van der Waals surface area contributed by atoms with Crippen LogP contribution in [0.25, 0.3) is 0 Å². The third-order valence-corrected chi connectivity index (χ3v) is 3.45. The molecule has 0 aliphatic rings. The fraction of sp³-hybridized carbons (Fsp3) is 0.250. The Morgan fingerprint density at radius 2 is 1.85 bits per heavy atom. The van der Waals surface area contributed by atoms with Gasteiger partial charge in [0.15, 0.2) is 0 Å². The van der Waals surface area contributed by atoms with Crippen LogP contribution in [0.4, 0.5) is 0 Å². The highest BCUT2D eigenvalue weighted by atomic mass is 35.5. The second-order valence-electron chi connectivity index (χ2n) is 4.56. The third kappa shape index (κ3) is 3.06. The summed E-state index contributed by atoms with van der Waals surface area (Å²) < 4.78 is 11.1. The molecule has 20 heavy (non-hydrogen) atoms. The first-order chi connectivity index (χ1) is 9.52. The van der Waals surface area contributed by atoms with Crippen LogP contribution in [0.2, 0.25) is 5.02 Å². The van der Waals surface area contributed by atoms with Gasteiger partial charge < -0.3 is 14.6 Å². The summed E-state index contributed by atoms with van der Waals surface area (Å²) in [5.74, 6) is 1.84. The first kappa shape index (κ1) is 14.7. The quantitative estimate of drug-likeness (QED) is 0.901. The highest BCUT2D eigenvalue weighted by molar-refractivity contribution is 6.31. The van der Waals surface area contributed by atoms with Crippen molar-refractivity contribution in [2.24, 2.45) is 0 Å². The summed E-state index contributed by atoms with van der Waals surface area (Å²) in [6.45, 7) is 3.59. The van der Waals surface area contributed by atoms with Crippen molar-refractivity contribution in [2.75, 3.05) is 7.11 Å². The zero-order valence-corrected chi connectivity index (χ0v) is 12.4. The molecular formula is C16H17ClO3. The van der Waals surface area contributed by atoms with E-state index in [0.29, 0.717) is 27.8 Å². The summed E-state index contributed by atoms with van der Waals surface area (Å²) in [5.41, 5.74) is 1.56. The zero-order valence-electron chi connectivity index (χ0n) is 11.7. The highest BCUT2D eigenvalue weighted by Gasteiger charge is 2.16. The maximum absolute atomic E-state index is 9.91. The van der Waals surface area contributed by atoms with E-state index < -0.39 is 6.10 Å². The van der Waals surface area contributed by atoms with Crippen LogP contribution in [0, 0.1) is 6.92 Å². The van der Waals surface area contributed by atoms with E-state index in [1.165, 1.54) is 0 Å². The smallest absolute Gasteiger partial charge is 0.136 e. The molecule has 2 aromatic rings. The van der Waals surface area contributed by atoms with Crippen molar-refractivity contribution in [3.05, 3.63) is 52.5 Å². The standard InChI is InChI=1S/C16H17ClO3/c1-10-9-12(7-8-13(10)17)20-15-6-4-5-14(19-3)16(15)11(2)18/h4-9,11,18H,1-3H3/t11-/m0/s1. The van der Waals surface area contributed by atoms with Crippen LogP contribution in [0.5, 0.6) is 17.2 Å². The Bertz CT molecular complexity index is 609. The number of hydrogen-bond donors (Lipinski definition) is 1. The van der Waals surface area contributed by atoms with E-state index in [4.69, 9.17) is 21.1 Å². The van der Waals surface area contributed by atoms with Crippen molar-refractivity contribution in [1.29, 1.82) is 0 Å². The molecule has 2 aromatic carbocycles. The van der Waals surface area contributed by atoms with E-state index in [0.717, 1.165) is 5.56 Å². The SMILES string of the molecule is COc1cccc(Oc2ccc(Cl)c(C)c2)c1[C@H](C)O. The summed E-state index contributed by atoms with van der Waals surface area (Å²) in [6, 6.07) is 10.8. The Morgan fingerprint density at radius 1 is 1.15 bits per heavy atom. The summed E-state index contributed by atoms with van der Waals surface area (Å²) in [7, 11) is 1.57. The minimum Gasteiger partial charge on any atom is -0.496 e. The summed E-state index contributed by atoms with van der Waals surface area (Å²) in [6.07, 6.45) is -0.686. The Balaban J connectivity index is 2.40. The average molecular weight is 293 g/mol. The maximum Gasteiger partial charge on any atom is 0.136 e. The molecule has 0 amide bonds. The van der Waals surface area contributed by atoms with E-state index >= 15 is 0 Å². The minimum absolute atomic E-state index is 0.570. The molecular weight excluding hydrogens is 276 g/mol. The van der Waals surface area contributed by atoms with E-state index in [1.807, 2.05) is 19.1 Å². The number of benzene rings is 2. The number of halogens is 1. The lowest BCUT2D eigenvalue weighted by molar-refractivity contribution is 0.190. The second kappa shape index (κ2) is 6.16. The molecule has 0 unspecified atom stereocenters. The van der Waals surface area contributed by atoms with Gasteiger partial charge in [-0.2, -0.15) is 0 Å². The monoisotopic (exact) mass is 292 g/mol. The second-order valence-corrected chi connectivity index (χ2v) is 4.97. The molecule has 0 aliphatic heterocycles. The molecule has 4 heteroatoms. The van der Waals surface area contributed by atoms with Crippen molar-refractivity contribution < 1.29 is 14.6 Å². The first-order valence-corrected chi connectivity index (χ1v) is 6.69. The van der Waals surface area contributed by atoms with Crippen molar-refractivity contribution >= 4 is 11.6 Å². The molecule has 0 saturated heterocycles. The number of aryl methyl sites for hydroxylation is 1. The van der Waals surface area contributed by atoms with Gasteiger partial charge in [0.1, 0.15) is 17.2 Å². The number of rotatable bonds is 4. The van der Waals surface area contributed by atoms with Crippen LogP contribution >= 0.6 is 11.6 Å². The predicted octanol–water partition coefficient (Wildman–Crippen LogP) is 4.50. The molecule has 0 aromatic heterocycles. The van der Waals surface area contributed by atoms with Gasteiger partial charge in [-0.05, 0) is 49.7 Å². The molecule has 2 rings (SSSR count). The minimum atomic E-state index is -0.686.